The van der Waals surface area contributed by atoms with E-state index >= 15 is 0 Å². The summed E-state index contributed by atoms with van der Waals surface area (Å²) >= 11 is 2.67. The fourth-order valence-corrected chi connectivity index (χ4v) is 4.09. The summed E-state index contributed by atoms with van der Waals surface area (Å²) in [4.78, 5) is 0. The van der Waals surface area contributed by atoms with E-state index in [1.54, 1.807) is 3.78 Å². The zero-order valence-electron chi connectivity index (χ0n) is 6.17. The van der Waals surface area contributed by atoms with Gasteiger partial charge in [0.25, 0.3) is 0 Å². The van der Waals surface area contributed by atoms with Gasteiger partial charge in [-0.2, -0.15) is 0 Å². The van der Waals surface area contributed by atoms with E-state index in [9.17, 15) is 0 Å². The van der Waals surface area contributed by atoms with Crippen LogP contribution >= 0.6 is 11.3 Å². The van der Waals surface area contributed by atoms with Gasteiger partial charge < -0.3 is 0 Å². The zero-order valence-corrected chi connectivity index (χ0v) is 8.70. The minimum absolute atomic E-state index is 0.768. The van der Waals surface area contributed by atoms with Crippen molar-refractivity contribution in [1.82, 2.24) is 0 Å². The molecule has 0 fully saturated rings. The van der Waals surface area contributed by atoms with E-state index in [4.69, 9.17) is 0 Å². The Balaban J connectivity index is 2.15. The summed E-state index contributed by atoms with van der Waals surface area (Å²) in [6.07, 6.45) is 2.74. The quantitative estimate of drug-likeness (QED) is 0.538. The first-order valence-corrected chi connectivity index (χ1v) is 6.54. The summed E-state index contributed by atoms with van der Waals surface area (Å²) in [6.45, 7) is 2.25. The molecule has 10 heavy (non-hydrogen) atoms. The van der Waals surface area contributed by atoms with Crippen molar-refractivity contribution in [3.05, 3.63) is 17.5 Å². The third-order valence-corrected chi connectivity index (χ3v) is 5.03. The Labute approximate surface area is 72.8 Å². The van der Waals surface area contributed by atoms with Crippen LogP contribution in [0.2, 0.25) is 5.32 Å². The van der Waals surface area contributed by atoms with E-state index < -0.39 is 0 Å². The topological polar surface area (TPSA) is 0 Å². The van der Waals surface area contributed by atoms with Gasteiger partial charge in [0.15, 0.2) is 0 Å². The fraction of sp³-hybridized carbons (Fsp3) is 0.500. The zero-order chi connectivity index (χ0) is 7.23. The molecule has 0 aliphatic heterocycles. The van der Waals surface area contributed by atoms with Gasteiger partial charge in [-0.3, -0.25) is 0 Å². The summed E-state index contributed by atoms with van der Waals surface area (Å²) in [5, 5.41) is 3.59. The predicted octanol–water partition coefficient (Wildman–Crippen LogP) is 2.30. The molecular formula is C8H12SSe. The van der Waals surface area contributed by atoms with Crippen molar-refractivity contribution in [1.29, 1.82) is 0 Å². The molecule has 0 unspecified atom stereocenters. The Hall–Kier alpha value is 0.219. The summed E-state index contributed by atoms with van der Waals surface area (Å²) in [6, 6.07) is 4.40. The van der Waals surface area contributed by atoms with Crippen LogP contribution in [-0.4, -0.2) is 15.0 Å². The molecule has 0 saturated heterocycles. The molecule has 0 N–H and O–H groups in total. The number of thiophene rings is 1. The van der Waals surface area contributed by atoms with Gasteiger partial charge in [-0.05, 0) is 0 Å². The van der Waals surface area contributed by atoms with E-state index in [0.717, 1.165) is 15.0 Å². The molecule has 0 saturated carbocycles. The average Bonchev–Trinajstić information content (AvgIpc) is 2.41. The summed E-state index contributed by atoms with van der Waals surface area (Å²) in [5.41, 5.74) is 0. The summed E-state index contributed by atoms with van der Waals surface area (Å²) in [7, 11) is 0. The van der Waals surface area contributed by atoms with Crippen LogP contribution in [0.25, 0.3) is 0 Å². The monoisotopic (exact) mass is 220 g/mol. The molecule has 0 spiro atoms. The number of hydrogen-bond acceptors (Lipinski definition) is 1. The van der Waals surface area contributed by atoms with Crippen LogP contribution in [0.5, 0.6) is 0 Å². The molecule has 0 bridgehead atoms. The van der Waals surface area contributed by atoms with E-state index in [2.05, 4.69) is 24.4 Å². The molecule has 1 heterocycles. The maximum absolute atomic E-state index is 2.25. The van der Waals surface area contributed by atoms with Gasteiger partial charge >= 0.3 is 72.7 Å². The first-order valence-electron chi connectivity index (χ1n) is 3.60. The number of unbranched alkanes of at least 4 members (excludes halogenated alkanes) is 1. The van der Waals surface area contributed by atoms with Gasteiger partial charge in [-0.15, -0.1) is 0 Å². The first kappa shape index (κ1) is 8.32. The van der Waals surface area contributed by atoms with Gasteiger partial charge in [0, 0.05) is 0 Å². The second kappa shape index (κ2) is 4.95. The molecule has 0 nitrogen and oxygen atoms in total. The van der Waals surface area contributed by atoms with E-state index in [1.165, 1.54) is 18.2 Å². The van der Waals surface area contributed by atoms with Crippen molar-refractivity contribution in [2.24, 2.45) is 0 Å². The molecule has 2 heteroatoms. The number of rotatable bonds is 4. The van der Waals surface area contributed by atoms with Crippen molar-refractivity contribution < 1.29 is 0 Å². The second-order valence-electron chi connectivity index (χ2n) is 2.13. The van der Waals surface area contributed by atoms with Crippen LogP contribution in [0.1, 0.15) is 19.8 Å². The van der Waals surface area contributed by atoms with Crippen LogP contribution in [0, 0.1) is 0 Å². The summed E-state index contributed by atoms with van der Waals surface area (Å²) in [5.74, 6) is 0. The normalized spacial score (nSPS) is 10.1. The molecule has 0 aliphatic carbocycles. The molecular weight excluding hydrogens is 207 g/mol. The molecule has 56 valence electrons. The minimum atomic E-state index is 0.768. The van der Waals surface area contributed by atoms with Crippen LogP contribution in [0.15, 0.2) is 17.5 Å². The van der Waals surface area contributed by atoms with Gasteiger partial charge in [-0.25, -0.2) is 0 Å². The molecule has 0 amide bonds. The molecule has 1 rings (SSSR count). The standard InChI is InChI=1S/C8H12SSe/c1-2-3-7-10-8-5-4-6-9-8/h4-6H,2-3,7H2,1H3. The molecule has 0 aliphatic rings. The van der Waals surface area contributed by atoms with Crippen molar-refractivity contribution in [3.63, 3.8) is 0 Å². The van der Waals surface area contributed by atoms with Crippen LogP contribution in [0.4, 0.5) is 0 Å². The van der Waals surface area contributed by atoms with Gasteiger partial charge in [0.1, 0.15) is 0 Å². The van der Waals surface area contributed by atoms with Crippen LogP contribution in [-0.2, 0) is 0 Å². The third kappa shape index (κ3) is 2.87. The van der Waals surface area contributed by atoms with Crippen molar-refractivity contribution in [2.45, 2.75) is 25.1 Å². The molecule has 0 aromatic carbocycles. The van der Waals surface area contributed by atoms with E-state index in [0.29, 0.717) is 0 Å². The van der Waals surface area contributed by atoms with E-state index in [1.807, 2.05) is 11.3 Å². The van der Waals surface area contributed by atoms with Crippen LogP contribution in [0.3, 0.4) is 0 Å². The third-order valence-electron chi connectivity index (χ3n) is 1.24. The van der Waals surface area contributed by atoms with Crippen LogP contribution < -0.4 is 3.78 Å². The Kier molecular flexibility index (Phi) is 4.12. The predicted molar refractivity (Wildman–Crippen MR) is 49.4 cm³/mol. The maximum atomic E-state index is 2.25. The SMILES string of the molecule is CCCC[Se]c1cccs1. The van der Waals surface area contributed by atoms with E-state index in [-0.39, 0.29) is 0 Å². The molecule has 1 aromatic heterocycles. The van der Waals surface area contributed by atoms with Crippen molar-refractivity contribution in [3.8, 4) is 0 Å². The fourth-order valence-electron chi connectivity index (χ4n) is 0.663. The van der Waals surface area contributed by atoms with Gasteiger partial charge in [-0.1, -0.05) is 0 Å². The Bertz CT molecular complexity index is 158. The van der Waals surface area contributed by atoms with Crippen molar-refractivity contribution in [2.75, 3.05) is 0 Å². The Morgan fingerprint density at radius 3 is 3.10 bits per heavy atom. The number of hydrogen-bond donors (Lipinski definition) is 0. The first-order chi connectivity index (χ1) is 4.93. The molecule has 1 aromatic rings. The van der Waals surface area contributed by atoms with Crippen molar-refractivity contribution >= 4 is 30.1 Å². The second-order valence-corrected chi connectivity index (χ2v) is 6.05. The molecule has 0 radical (unpaired) electrons. The average molecular weight is 219 g/mol. The molecule has 0 atom stereocenters. The summed E-state index contributed by atoms with van der Waals surface area (Å²) < 4.78 is 1.60. The Morgan fingerprint density at radius 2 is 2.50 bits per heavy atom. The van der Waals surface area contributed by atoms with Gasteiger partial charge in [0.05, 0.1) is 0 Å². The van der Waals surface area contributed by atoms with Gasteiger partial charge in [0.2, 0.25) is 0 Å². The Morgan fingerprint density at radius 1 is 1.60 bits per heavy atom.